The van der Waals surface area contributed by atoms with Crippen molar-refractivity contribution in [1.82, 2.24) is 10.6 Å². The topological polar surface area (TPSA) is 48.9 Å². The van der Waals surface area contributed by atoms with Gasteiger partial charge in [-0.1, -0.05) is 24.3 Å². The maximum atomic E-state index is 13.4. The van der Waals surface area contributed by atoms with E-state index in [-0.39, 0.29) is 29.8 Å². The molecule has 0 aliphatic carbocycles. The fraction of sp³-hybridized carbons (Fsp3) is 0.381. The van der Waals surface area contributed by atoms with Crippen molar-refractivity contribution in [3.8, 4) is 5.75 Å². The number of hydrogen-bond donors (Lipinski definition) is 2. The van der Waals surface area contributed by atoms with Crippen LogP contribution in [0.4, 0.5) is 10.1 Å². The van der Waals surface area contributed by atoms with Gasteiger partial charge in [-0.25, -0.2) is 4.39 Å². The molecule has 2 aromatic carbocycles. The van der Waals surface area contributed by atoms with Crippen LogP contribution in [0.2, 0.25) is 0 Å². The molecule has 2 N–H and O–H groups in total. The molecule has 0 aromatic heterocycles. The fourth-order valence-corrected chi connectivity index (χ4v) is 3.38. The quantitative estimate of drug-likeness (QED) is 0.375. The zero-order chi connectivity index (χ0) is 19.2. The van der Waals surface area contributed by atoms with Crippen molar-refractivity contribution < 1.29 is 9.13 Å². The molecular weight excluding hydrogens is 470 g/mol. The van der Waals surface area contributed by atoms with Crippen molar-refractivity contribution in [2.45, 2.75) is 25.9 Å². The number of nitrogens with one attached hydrogen (secondary N) is 2. The number of halogens is 2. The van der Waals surface area contributed by atoms with E-state index in [9.17, 15) is 4.39 Å². The normalized spacial score (nSPS) is 16.5. The van der Waals surface area contributed by atoms with Gasteiger partial charge in [-0.3, -0.25) is 4.99 Å². The van der Waals surface area contributed by atoms with Crippen molar-refractivity contribution in [2.75, 3.05) is 32.1 Å². The number of benzene rings is 2. The lowest BCUT2D eigenvalue weighted by molar-refractivity contribution is 0.415. The van der Waals surface area contributed by atoms with Gasteiger partial charge < -0.3 is 20.3 Å². The number of hydrogen-bond acceptors (Lipinski definition) is 3. The molecule has 7 heteroatoms. The Bertz CT molecular complexity index is 815. The molecule has 3 rings (SSSR count). The van der Waals surface area contributed by atoms with Crippen LogP contribution in [0.1, 0.15) is 17.5 Å². The molecule has 2 aromatic rings. The van der Waals surface area contributed by atoms with Crippen LogP contribution in [0.15, 0.2) is 47.5 Å². The summed E-state index contributed by atoms with van der Waals surface area (Å²) in [5.74, 6) is 1.47. The maximum absolute atomic E-state index is 13.4. The molecule has 1 aliphatic rings. The molecule has 5 nitrogen and oxygen atoms in total. The van der Waals surface area contributed by atoms with E-state index >= 15 is 0 Å². The predicted molar refractivity (Wildman–Crippen MR) is 123 cm³/mol. The number of aliphatic imine (C=N–C) groups is 1. The maximum Gasteiger partial charge on any atom is 0.191 e. The van der Waals surface area contributed by atoms with Crippen molar-refractivity contribution in [3.63, 3.8) is 0 Å². The number of nitrogens with zero attached hydrogens (tertiary/aromatic N) is 2. The van der Waals surface area contributed by atoms with E-state index in [2.05, 4.69) is 26.6 Å². The molecule has 1 atom stereocenters. The van der Waals surface area contributed by atoms with Crippen LogP contribution >= 0.6 is 24.0 Å². The van der Waals surface area contributed by atoms with Gasteiger partial charge in [-0.15, -0.1) is 24.0 Å². The summed E-state index contributed by atoms with van der Waals surface area (Å²) in [5.41, 5.74) is 2.80. The smallest absolute Gasteiger partial charge is 0.191 e. The highest BCUT2D eigenvalue weighted by Gasteiger charge is 2.25. The van der Waals surface area contributed by atoms with Gasteiger partial charge in [0.25, 0.3) is 0 Å². The number of guanidine groups is 1. The molecule has 0 amide bonds. The van der Waals surface area contributed by atoms with E-state index in [1.165, 1.54) is 6.07 Å². The van der Waals surface area contributed by atoms with Crippen LogP contribution in [0.25, 0.3) is 0 Å². The Morgan fingerprint density at radius 2 is 2.07 bits per heavy atom. The Kier molecular flexibility index (Phi) is 8.35. The average molecular weight is 498 g/mol. The molecule has 0 radical (unpaired) electrons. The van der Waals surface area contributed by atoms with Gasteiger partial charge >= 0.3 is 0 Å². The average Bonchev–Trinajstić information content (AvgIpc) is 3.16. The lowest BCUT2D eigenvalue weighted by Crippen LogP contribution is -2.44. The Labute approximate surface area is 183 Å². The summed E-state index contributed by atoms with van der Waals surface area (Å²) < 4.78 is 18.9. The zero-order valence-electron chi connectivity index (χ0n) is 16.5. The predicted octanol–water partition coefficient (Wildman–Crippen LogP) is 3.70. The number of anilines is 1. The van der Waals surface area contributed by atoms with E-state index in [4.69, 9.17) is 4.74 Å². The molecule has 28 heavy (non-hydrogen) atoms. The van der Waals surface area contributed by atoms with E-state index < -0.39 is 0 Å². The number of aryl methyl sites for hydroxylation is 1. The Balaban J connectivity index is 0.00000280. The van der Waals surface area contributed by atoms with Gasteiger partial charge in [0.15, 0.2) is 5.96 Å². The Hall–Kier alpha value is -2.03. The van der Waals surface area contributed by atoms with Gasteiger partial charge in [0, 0.05) is 32.7 Å². The molecule has 1 saturated heterocycles. The third kappa shape index (κ3) is 5.50. The lowest BCUT2D eigenvalue weighted by atomic mass is 10.1. The third-order valence-corrected chi connectivity index (χ3v) is 4.86. The van der Waals surface area contributed by atoms with Gasteiger partial charge in [0.1, 0.15) is 11.6 Å². The monoisotopic (exact) mass is 498 g/mol. The summed E-state index contributed by atoms with van der Waals surface area (Å²) in [5, 5.41) is 6.79. The second kappa shape index (κ2) is 10.5. The minimum absolute atomic E-state index is 0. The molecule has 152 valence electrons. The first kappa shape index (κ1) is 22.3. The molecule has 0 saturated carbocycles. The number of methoxy groups -OCH3 is 1. The third-order valence-electron chi connectivity index (χ3n) is 4.86. The van der Waals surface area contributed by atoms with Crippen LogP contribution < -0.4 is 20.3 Å². The minimum atomic E-state index is -0.177. The summed E-state index contributed by atoms with van der Waals surface area (Å²) >= 11 is 0. The lowest BCUT2D eigenvalue weighted by Gasteiger charge is -2.22. The highest BCUT2D eigenvalue weighted by atomic mass is 127. The van der Waals surface area contributed by atoms with Crippen LogP contribution in [-0.4, -0.2) is 39.2 Å². The van der Waals surface area contributed by atoms with E-state index in [1.807, 2.05) is 24.3 Å². The Morgan fingerprint density at radius 3 is 2.79 bits per heavy atom. The first-order chi connectivity index (χ1) is 13.1. The standard InChI is InChI=1S/C21H27FN4O.HI/c1-15-12-16(8-9-18(15)22)13-24-21(23-2)25-17-10-11-26(14-17)19-6-4-5-7-20(19)27-3;/h4-9,12,17H,10-11,13-14H2,1-3H3,(H2,23,24,25);1H. The summed E-state index contributed by atoms with van der Waals surface area (Å²) in [4.78, 5) is 6.64. The summed E-state index contributed by atoms with van der Waals surface area (Å²) in [6.45, 7) is 4.23. The summed E-state index contributed by atoms with van der Waals surface area (Å²) in [6, 6.07) is 13.5. The van der Waals surface area contributed by atoms with Crippen molar-refractivity contribution >= 4 is 35.6 Å². The van der Waals surface area contributed by atoms with E-state index in [0.717, 1.165) is 42.5 Å². The molecule has 1 heterocycles. The highest BCUT2D eigenvalue weighted by Crippen LogP contribution is 2.30. The summed E-state index contributed by atoms with van der Waals surface area (Å²) in [6.07, 6.45) is 1.02. The molecule has 1 unspecified atom stereocenters. The zero-order valence-corrected chi connectivity index (χ0v) is 18.9. The molecule has 1 fully saturated rings. The van der Waals surface area contributed by atoms with Crippen LogP contribution in [0, 0.1) is 12.7 Å². The largest absolute Gasteiger partial charge is 0.495 e. The van der Waals surface area contributed by atoms with Gasteiger partial charge in [0.05, 0.1) is 12.8 Å². The molecule has 0 bridgehead atoms. The molecule has 0 spiro atoms. The van der Waals surface area contributed by atoms with Crippen LogP contribution in [-0.2, 0) is 6.54 Å². The minimum Gasteiger partial charge on any atom is -0.495 e. The molecule has 1 aliphatic heterocycles. The van der Waals surface area contributed by atoms with Crippen molar-refractivity contribution in [2.24, 2.45) is 4.99 Å². The van der Waals surface area contributed by atoms with E-state index in [0.29, 0.717) is 18.2 Å². The van der Waals surface area contributed by atoms with Crippen LogP contribution in [0.3, 0.4) is 0 Å². The SMILES string of the molecule is CN=C(NCc1ccc(F)c(C)c1)NC1CCN(c2ccccc2OC)C1.I. The van der Waals surface area contributed by atoms with Crippen molar-refractivity contribution in [3.05, 3.63) is 59.4 Å². The first-order valence-electron chi connectivity index (χ1n) is 9.21. The summed E-state index contributed by atoms with van der Waals surface area (Å²) in [7, 11) is 3.46. The Morgan fingerprint density at radius 1 is 1.29 bits per heavy atom. The molecular formula is C21H28FIN4O. The second-order valence-corrected chi connectivity index (χ2v) is 6.76. The van der Waals surface area contributed by atoms with Crippen LogP contribution in [0.5, 0.6) is 5.75 Å². The van der Waals surface area contributed by atoms with Gasteiger partial charge in [-0.2, -0.15) is 0 Å². The van der Waals surface area contributed by atoms with Gasteiger partial charge in [0.2, 0.25) is 0 Å². The second-order valence-electron chi connectivity index (χ2n) is 6.76. The van der Waals surface area contributed by atoms with Crippen molar-refractivity contribution in [1.29, 1.82) is 0 Å². The first-order valence-corrected chi connectivity index (χ1v) is 9.21. The van der Waals surface area contributed by atoms with E-state index in [1.54, 1.807) is 27.1 Å². The number of para-hydroxylation sites is 2. The number of rotatable bonds is 5. The van der Waals surface area contributed by atoms with Gasteiger partial charge in [-0.05, 0) is 42.7 Å². The fourth-order valence-electron chi connectivity index (χ4n) is 3.38. The number of ether oxygens (including phenoxy) is 1. The highest BCUT2D eigenvalue weighted by molar-refractivity contribution is 14.0.